The van der Waals surface area contributed by atoms with Crippen molar-refractivity contribution in [2.45, 2.75) is 19.3 Å². The maximum absolute atomic E-state index is 13.1. The number of nitrogens with two attached hydrogens (primary N) is 1. The second-order valence-corrected chi connectivity index (χ2v) is 4.53. The van der Waals surface area contributed by atoms with E-state index in [4.69, 9.17) is 5.73 Å². The number of hydrogen-bond acceptors (Lipinski definition) is 3. The maximum atomic E-state index is 13.1. The van der Waals surface area contributed by atoms with Gasteiger partial charge in [0.25, 0.3) is 0 Å². The number of carbonyl (C=O) groups is 2. The monoisotopic (exact) mass is 265 g/mol. The average molecular weight is 265 g/mol. The summed E-state index contributed by atoms with van der Waals surface area (Å²) in [4.78, 5) is 23.9. The number of hydrogen-bond donors (Lipinski definition) is 2. The standard InChI is InChI=1S/C13H16FN3O2/c14-10-3-4-11-9(8-10)2-1-6-17(11)7-5-12(18)16-13(15)19/h3-4,8H,1-2,5-7H2,(H3,15,16,18,19). The van der Waals surface area contributed by atoms with Crippen LogP contribution in [0.3, 0.4) is 0 Å². The predicted molar refractivity (Wildman–Crippen MR) is 69.3 cm³/mol. The van der Waals surface area contributed by atoms with Crippen LogP contribution in [0.25, 0.3) is 0 Å². The lowest BCUT2D eigenvalue weighted by Gasteiger charge is -2.31. The molecule has 2 rings (SSSR count). The highest BCUT2D eigenvalue weighted by Crippen LogP contribution is 2.27. The van der Waals surface area contributed by atoms with E-state index in [2.05, 4.69) is 0 Å². The first kappa shape index (κ1) is 13.3. The number of nitrogens with one attached hydrogen (secondary N) is 1. The van der Waals surface area contributed by atoms with Gasteiger partial charge in [0.15, 0.2) is 0 Å². The van der Waals surface area contributed by atoms with Crippen molar-refractivity contribution in [2.75, 3.05) is 18.0 Å². The van der Waals surface area contributed by atoms with Gasteiger partial charge in [0, 0.05) is 25.2 Å². The first-order valence-corrected chi connectivity index (χ1v) is 6.19. The highest BCUT2D eigenvalue weighted by atomic mass is 19.1. The van der Waals surface area contributed by atoms with Crippen molar-refractivity contribution in [1.82, 2.24) is 5.32 Å². The molecule has 102 valence electrons. The van der Waals surface area contributed by atoms with Crippen LogP contribution in [0.5, 0.6) is 0 Å². The SMILES string of the molecule is NC(=O)NC(=O)CCN1CCCc2cc(F)ccc21. The van der Waals surface area contributed by atoms with Crippen LogP contribution in [0.1, 0.15) is 18.4 Å². The number of urea groups is 1. The van der Waals surface area contributed by atoms with E-state index in [9.17, 15) is 14.0 Å². The Kier molecular flexibility index (Phi) is 3.99. The summed E-state index contributed by atoms with van der Waals surface area (Å²) in [5.74, 6) is -0.645. The number of primary amides is 1. The summed E-state index contributed by atoms with van der Waals surface area (Å²) in [7, 11) is 0. The molecule has 3 N–H and O–H groups in total. The lowest BCUT2D eigenvalue weighted by molar-refractivity contribution is -0.119. The molecule has 0 saturated heterocycles. The number of carbonyl (C=O) groups excluding carboxylic acids is 2. The summed E-state index contributed by atoms with van der Waals surface area (Å²) in [6, 6.07) is 3.84. The van der Waals surface area contributed by atoms with E-state index >= 15 is 0 Å². The van der Waals surface area contributed by atoms with Gasteiger partial charge in [0.1, 0.15) is 5.82 Å². The molecule has 1 aromatic rings. The van der Waals surface area contributed by atoms with Crippen molar-refractivity contribution in [3.05, 3.63) is 29.6 Å². The van der Waals surface area contributed by atoms with Gasteiger partial charge >= 0.3 is 6.03 Å². The molecule has 0 fully saturated rings. The van der Waals surface area contributed by atoms with Gasteiger partial charge in [-0.1, -0.05) is 0 Å². The molecule has 0 unspecified atom stereocenters. The number of amides is 3. The molecular weight excluding hydrogens is 249 g/mol. The molecule has 6 heteroatoms. The van der Waals surface area contributed by atoms with Gasteiger partial charge in [-0.2, -0.15) is 0 Å². The third-order valence-corrected chi connectivity index (χ3v) is 3.13. The molecule has 0 bridgehead atoms. The lowest BCUT2D eigenvalue weighted by Crippen LogP contribution is -2.38. The van der Waals surface area contributed by atoms with E-state index < -0.39 is 11.9 Å². The topological polar surface area (TPSA) is 75.4 Å². The number of aryl methyl sites for hydroxylation is 1. The second kappa shape index (κ2) is 5.69. The highest BCUT2D eigenvalue weighted by molar-refractivity contribution is 5.93. The molecule has 0 atom stereocenters. The summed E-state index contributed by atoms with van der Waals surface area (Å²) in [6.45, 7) is 1.31. The van der Waals surface area contributed by atoms with Crippen molar-refractivity contribution >= 4 is 17.6 Å². The van der Waals surface area contributed by atoms with Gasteiger partial charge in [-0.05, 0) is 36.6 Å². The van der Waals surface area contributed by atoms with Gasteiger partial charge in [0.2, 0.25) is 5.91 Å². The van der Waals surface area contributed by atoms with Crippen LogP contribution in [0.2, 0.25) is 0 Å². The van der Waals surface area contributed by atoms with E-state index in [1.807, 2.05) is 10.2 Å². The Hall–Kier alpha value is -2.11. The number of imide groups is 1. The minimum atomic E-state index is -0.842. The number of nitrogens with zero attached hydrogens (tertiary/aromatic N) is 1. The van der Waals surface area contributed by atoms with Gasteiger partial charge < -0.3 is 10.6 Å². The Morgan fingerprint density at radius 2 is 2.21 bits per heavy atom. The molecule has 1 heterocycles. The summed E-state index contributed by atoms with van der Waals surface area (Å²) >= 11 is 0. The van der Waals surface area contributed by atoms with Crippen LogP contribution in [0, 0.1) is 5.82 Å². The van der Waals surface area contributed by atoms with Crippen molar-refractivity contribution in [1.29, 1.82) is 0 Å². The van der Waals surface area contributed by atoms with E-state index in [0.717, 1.165) is 30.6 Å². The number of halogens is 1. The third kappa shape index (κ3) is 3.43. The molecule has 0 aliphatic carbocycles. The molecule has 5 nitrogen and oxygen atoms in total. The molecule has 1 aliphatic heterocycles. The summed E-state index contributed by atoms with van der Waals surface area (Å²) in [5, 5.41) is 2.03. The first-order valence-electron chi connectivity index (χ1n) is 6.19. The summed E-state index contributed by atoms with van der Waals surface area (Å²) in [6.07, 6.45) is 1.95. The van der Waals surface area contributed by atoms with E-state index in [-0.39, 0.29) is 12.2 Å². The zero-order chi connectivity index (χ0) is 13.8. The number of benzene rings is 1. The summed E-state index contributed by atoms with van der Waals surface area (Å²) < 4.78 is 13.1. The van der Waals surface area contributed by atoms with Crippen LogP contribution in [0.4, 0.5) is 14.9 Å². The van der Waals surface area contributed by atoms with Crippen molar-refractivity contribution < 1.29 is 14.0 Å². The van der Waals surface area contributed by atoms with Gasteiger partial charge in [0.05, 0.1) is 0 Å². The molecular formula is C13H16FN3O2. The number of anilines is 1. The number of fused-ring (bicyclic) bond motifs is 1. The predicted octanol–water partition coefficient (Wildman–Crippen LogP) is 1.16. The Morgan fingerprint density at radius 1 is 1.42 bits per heavy atom. The smallest absolute Gasteiger partial charge is 0.318 e. The molecule has 1 aromatic carbocycles. The Bertz CT molecular complexity index is 505. The van der Waals surface area contributed by atoms with Crippen molar-refractivity contribution in [3.63, 3.8) is 0 Å². The number of rotatable bonds is 3. The molecule has 19 heavy (non-hydrogen) atoms. The molecule has 0 spiro atoms. The fraction of sp³-hybridized carbons (Fsp3) is 0.385. The zero-order valence-electron chi connectivity index (χ0n) is 10.5. The first-order chi connectivity index (χ1) is 9.06. The zero-order valence-corrected chi connectivity index (χ0v) is 10.5. The largest absolute Gasteiger partial charge is 0.371 e. The Balaban J connectivity index is 2.00. The van der Waals surface area contributed by atoms with Crippen molar-refractivity contribution in [3.8, 4) is 0 Å². The molecule has 3 amide bonds. The fourth-order valence-corrected chi connectivity index (χ4v) is 2.31. The Labute approximate surface area is 110 Å². The van der Waals surface area contributed by atoms with E-state index in [0.29, 0.717) is 6.54 Å². The van der Waals surface area contributed by atoms with E-state index in [1.165, 1.54) is 12.1 Å². The van der Waals surface area contributed by atoms with Crippen molar-refractivity contribution in [2.24, 2.45) is 5.73 Å². The van der Waals surface area contributed by atoms with Crippen LogP contribution in [-0.2, 0) is 11.2 Å². The average Bonchev–Trinajstić information content (AvgIpc) is 2.35. The van der Waals surface area contributed by atoms with E-state index in [1.54, 1.807) is 6.07 Å². The fourth-order valence-electron chi connectivity index (χ4n) is 2.31. The third-order valence-electron chi connectivity index (χ3n) is 3.13. The van der Waals surface area contributed by atoms with Crippen LogP contribution in [-0.4, -0.2) is 25.0 Å². The molecule has 0 radical (unpaired) electrons. The van der Waals surface area contributed by atoms with Crippen LogP contribution >= 0.6 is 0 Å². The lowest BCUT2D eigenvalue weighted by atomic mass is 10.0. The Morgan fingerprint density at radius 3 is 2.95 bits per heavy atom. The minimum absolute atomic E-state index is 0.180. The molecule has 1 aliphatic rings. The van der Waals surface area contributed by atoms with Gasteiger partial charge in [-0.3, -0.25) is 10.1 Å². The quantitative estimate of drug-likeness (QED) is 0.861. The second-order valence-electron chi connectivity index (χ2n) is 4.53. The van der Waals surface area contributed by atoms with Crippen LogP contribution in [0.15, 0.2) is 18.2 Å². The van der Waals surface area contributed by atoms with Gasteiger partial charge in [-0.25, -0.2) is 9.18 Å². The minimum Gasteiger partial charge on any atom is -0.371 e. The normalized spacial score (nSPS) is 13.8. The molecule has 0 saturated carbocycles. The summed E-state index contributed by atoms with van der Waals surface area (Å²) in [5.41, 5.74) is 6.79. The van der Waals surface area contributed by atoms with Crippen LogP contribution < -0.4 is 16.0 Å². The maximum Gasteiger partial charge on any atom is 0.318 e. The highest BCUT2D eigenvalue weighted by Gasteiger charge is 2.18. The molecule has 0 aromatic heterocycles. The van der Waals surface area contributed by atoms with Gasteiger partial charge in [-0.15, -0.1) is 0 Å².